The predicted octanol–water partition coefficient (Wildman–Crippen LogP) is 3.86. The second-order valence-electron chi connectivity index (χ2n) is 6.38. The van der Waals surface area contributed by atoms with Crippen LogP contribution >= 0.6 is 0 Å². The van der Waals surface area contributed by atoms with E-state index < -0.39 is 20.6 Å². The van der Waals surface area contributed by atoms with Crippen molar-refractivity contribution >= 4 is 33.3 Å². The number of nitro groups is 1. The molecule has 0 bridgehead atoms. The number of nitro benzene ring substituents is 1. The number of anilines is 2. The summed E-state index contributed by atoms with van der Waals surface area (Å²) in [6.07, 6.45) is 1.44. The van der Waals surface area contributed by atoms with Crippen LogP contribution in [-0.2, 0) is 10.0 Å². The van der Waals surface area contributed by atoms with E-state index in [1.54, 1.807) is 36.4 Å². The summed E-state index contributed by atoms with van der Waals surface area (Å²) in [7, 11) is -1.04. The van der Waals surface area contributed by atoms with Crippen LogP contribution < -0.4 is 19.6 Å². The molecule has 0 amide bonds. The topological polar surface area (TPSA) is 132 Å². The highest BCUT2D eigenvalue weighted by Gasteiger charge is 2.21. The SMILES string of the molecule is COc1ccc(NS(=O)(=O)c2ccc(N/N=C\c3ccccc3OC)c([N+](=O)[O-])c2)cc1. The van der Waals surface area contributed by atoms with Crippen LogP contribution in [0.15, 0.2) is 76.7 Å². The molecule has 0 radical (unpaired) electrons. The van der Waals surface area contributed by atoms with Gasteiger partial charge in [0.1, 0.15) is 17.2 Å². The molecule has 0 unspecified atom stereocenters. The largest absolute Gasteiger partial charge is 0.497 e. The highest BCUT2D eigenvalue weighted by Crippen LogP contribution is 2.29. The summed E-state index contributed by atoms with van der Waals surface area (Å²) >= 11 is 0. The Morgan fingerprint density at radius 2 is 1.72 bits per heavy atom. The zero-order chi connectivity index (χ0) is 23.1. The van der Waals surface area contributed by atoms with E-state index in [0.717, 1.165) is 6.07 Å². The van der Waals surface area contributed by atoms with Crippen molar-refractivity contribution in [2.24, 2.45) is 5.10 Å². The van der Waals surface area contributed by atoms with Crippen LogP contribution in [0, 0.1) is 10.1 Å². The van der Waals surface area contributed by atoms with Crippen LogP contribution in [0.3, 0.4) is 0 Å². The maximum Gasteiger partial charge on any atom is 0.295 e. The van der Waals surface area contributed by atoms with E-state index in [2.05, 4.69) is 15.2 Å². The molecular formula is C21H20N4O6S. The lowest BCUT2D eigenvalue weighted by Gasteiger charge is -2.10. The molecule has 0 spiro atoms. The number of rotatable bonds is 9. The Labute approximate surface area is 184 Å². The minimum absolute atomic E-state index is 0.0320. The van der Waals surface area contributed by atoms with Gasteiger partial charge in [-0.15, -0.1) is 0 Å². The number of hydrogen-bond acceptors (Lipinski definition) is 8. The van der Waals surface area contributed by atoms with Gasteiger partial charge in [0.15, 0.2) is 0 Å². The average molecular weight is 456 g/mol. The highest BCUT2D eigenvalue weighted by atomic mass is 32.2. The third-order valence-corrected chi connectivity index (χ3v) is 5.72. The van der Waals surface area contributed by atoms with Crippen molar-refractivity contribution in [3.8, 4) is 11.5 Å². The van der Waals surface area contributed by atoms with Crippen LogP contribution in [-0.4, -0.2) is 33.8 Å². The Balaban J connectivity index is 1.83. The van der Waals surface area contributed by atoms with Crippen molar-refractivity contribution in [1.29, 1.82) is 0 Å². The van der Waals surface area contributed by atoms with Gasteiger partial charge in [-0.1, -0.05) is 12.1 Å². The third-order valence-electron chi connectivity index (χ3n) is 4.35. The second kappa shape index (κ2) is 9.79. The number of hydrogen-bond donors (Lipinski definition) is 2. The van der Waals surface area contributed by atoms with Gasteiger partial charge in [0.2, 0.25) is 0 Å². The number of methoxy groups -OCH3 is 2. The number of para-hydroxylation sites is 1. The Hall–Kier alpha value is -4.12. The summed E-state index contributed by atoms with van der Waals surface area (Å²) < 4.78 is 38.0. The lowest BCUT2D eigenvalue weighted by molar-refractivity contribution is -0.384. The van der Waals surface area contributed by atoms with Gasteiger partial charge in [-0.2, -0.15) is 5.10 Å². The monoisotopic (exact) mass is 456 g/mol. The van der Waals surface area contributed by atoms with Gasteiger partial charge >= 0.3 is 0 Å². The molecule has 3 aromatic carbocycles. The van der Waals surface area contributed by atoms with Gasteiger partial charge in [-0.05, 0) is 48.5 Å². The van der Waals surface area contributed by atoms with E-state index >= 15 is 0 Å². The predicted molar refractivity (Wildman–Crippen MR) is 121 cm³/mol. The van der Waals surface area contributed by atoms with Crippen molar-refractivity contribution in [2.45, 2.75) is 4.90 Å². The molecule has 2 N–H and O–H groups in total. The van der Waals surface area contributed by atoms with Crippen LogP contribution in [0.1, 0.15) is 5.56 Å². The van der Waals surface area contributed by atoms with Crippen molar-refractivity contribution in [1.82, 2.24) is 0 Å². The Morgan fingerprint density at radius 3 is 2.38 bits per heavy atom. The quantitative estimate of drug-likeness (QED) is 0.284. The van der Waals surface area contributed by atoms with Crippen molar-refractivity contribution in [3.63, 3.8) is 0 Å². The van der Waals surface area contributed by atoms with Crippen LogP contribution in [0.25, 0.3) is 0 Å². The van der Waals surface area contributed by atoms with Crippen LogP contribution in [0.4, 0.5) is 17.1 Å². The number of hydrazone groups is 1. The first-order chi connectivity index (χ1) is 15.3. The Bertz CT molecular complexity index is 1240. The molecule has 0 saturated carbocycles. The molecule has 0 fully saturated rings. The number of benzene rings is 3. The molecule has 3 rings (SSSR count). The maximum atomic E-state index is 12.7. The fourth-order valence-corrected chi connectivity index (χ4v) is 3.82. The van der Waals surface area contributed by atoms with Gasteiger partial charge in [0, 0.05) is 17.3 Å². The fourth-order valence-electron chi connectivity index (χ4n) is 2.74. The van der Waals surface area contributed by atoms with Crippen molar-refractivity contribution in [2.75, 3.05) is 24.4 Å². The lowest BCUT2D eigenvalue weighted by Crippen LogP contribution is -2.13. The smallest absolute Gasteiger partial charge is 0.295 e. The third kappa shape index (κ3) is 5.32. The number of ether oxygens (including phenoxy) is 2. The number of nitrogens with zero attached hydrogens (tertiary/aromatic N) is 2. The van der Waals surface area contributed by atoms with Gasteiger partial charge in [0.25, 0.3) is 15.7 Å². The summed E-state index contributed by atoms with van der Waals surface area (Å²) in [5.41, 5.74) is 3.12. The molecule has 32 heavy (non-hydrogen) atoms. The first kappa shape index (κ1) is 22.6. The van der Waals surface area contributed by atoms with Gasteiger partial charge < -0.3 is 9.47 Å². The molecule has 11 heteroatoms. The average Bonchev–Trinajstić information content (AvgIpc) is 2.79. The summed E-state index contributed by atoms with van der Waals surface area (Å²) in [6, 6.07) is 16.8. The van der Waals surface area contributed by atoms with Crippen molar-refractivity contribution < 1.29 is 22.8 Å². The van der Waals surface area contributed by atoms with Gasteiger partial charge in [0.05, 0.1) is 30.3 Å². The van der Waals surface area contributed by atoms with Crippen molar-refractivity contribution in [3.05, 3.63) is 82.4 Å². The Kier molecular flexibility index (Phi) is 6.90. The van der Waals surface area contributed by atoms with Crippen LogP contribution in [0.2, 0.25) is 0 Å². The summed E-state index contributed by atoms with van der Waals surface area (Å²) in [6.45, 7) is 0. The molecule has 0 aliphatic rings. The van der Waals surface area contributed by atoms with Crippen LogP contribution in [0.5, 0.6) is 11.5 Å². The zero-order valence-electron chi connectivity index (χ0n) is 17.2. The molecular weight excluding hydrogens is 436 g/mol. The minimum Gasteiger partial charge on any atom is -0.497 e. The summed E-state index contributed by atoms with van der Waals surface area (Å²) in [5, 5.41) is 15.5. The molecule has 0 aliphatic heterocycles. The second-order valence-corrected chi connectivity index (χ2v) is 8.06. The fraction of sp³-hybridized carbons (Fsp3) is 0.0952. The molecule has 0 aliphatic carbocycles. The van der Waals surface area contributed by atoms with E-state index in [9.17, 15) is 18.5 Å². The molecule has 0 saturated heterocycles. The van der Waals surface area contributed by atoms with Gasteiger partial charge in [-0.3, -0.25) is 20.3 Å². The summed E-state index contributed by atoms with van der Waals surface area (Å²) in [5.74, 6) is 1.14. The molecule has 0 aromatic heterocycles. The van der Waals surface area contributed by atoms with E-state index in [1.807, 2.05) is 0 Å². The zero-order valence-corrected chi connectivity index (χ0v) is 18.0. The Morgan fingerprint density at radius 1 is 1.00 bits per heavy atom. The number of sulfonamides is 1. The molecule has 3 aromatic rings. The molecule has 0 atom stereocenters. The standard InChI is InChI=1S/C21H20N4O6S/c1-30-17-9-7-16(8-10-17)24-32(28,29)18-11-12-19(20(13-18)25(26)27)23-22-14-15-5-3-4-6-21(15)31-2/h3-14,23-24H,1-2H3/b22-14-. The maximum absolute atomic E-state index is 12.7. The first-order valence-corrected chi connectivity index (χ1v) is 10.7. The van der Waals surface area contributed by atoms with E-state index in [-0.39, 0.29) is 16.3 Å². The lowest BCUT2D eigenvalue weighted by atomic mass is 10.2. The summed E-state index contributed by atoms with van der Waals surface area (Å²) in [4.78, 5) is 10.6. The highest BCUT2D eigenvalue weighted by molar-refractivity contribution is 7.92. The van der Waals surface area contributed by atoms with E-state index in [4.69, 9.17) is 9.47 Å². The minimum atomic E-state index is -4.06. The van der Waals surface area contributed by atoms with E-state index in [0.29, 0.717) is 17.1 Å². The molecule has 10 nitrogen and oxygen atoms in total. The molecule has 0 heterocycles. The molecule has 166 valence electrons. The van der Waals surface area contributed by atoms with Gasteiger partial charge in [-0.25, -0.2) is 8.42 Å². The number of nitrogens with one attached hydrogen (secondary N) is 2. The first-order valence-electron chi connectivity index (χ1n) is 9.21. The van der Waals surface area contributed by atoms with E-state index in [1.165, 1.54) is 44.7 Å². The normalized spacial score (nSPS) is 11.2.